The first-order chi connectivity index (χ1) is 29.8. The predicted octanol–water partition coefficient (Wildman–Crippen LogP) is 7.73. The lowest BCUT2D eigenvalue weighted by Gasteiger charge is -2.40. The molecule has 1 fully saturated rings. The van der Waals surface area contributed by atoms with Gasteiger partial charge in [-0.15, -0.1) is 0 Å². The number of ether oxygens (including phenoxy) is 1. The maximum absolute atomic E-state index is 14.4. The number of carbonyl (C=O) groups excluding carboxylic acids is 2. The fourth-order valence-electron chi connectivity index (χ4n) is 7.73. The van der Waals surface area contributed by atoms with Crippen LogP contribution in [0.1, 0.15) is 71.6 Å². The summed E-state index contributed by atoms with van der Waals surface area (Å²) in [7, 11) is -4.93. The highest BCUT2D eigenvalue weighted by Crippen LogP contribution is 2.41. The molecular weight excluding hydrogens is 837 g/mol. The molecule has 3 heterocycles. The van der Waals surface area contributed by atoms with Crippen LogP contribution in [-0.2, 0) is 14.3 Å². The van der Waals surface area contributed by atoms with Gasteiger partial charge in [-0.05, 0) is 104 Å². The molecule has 0 unspecified atom stereocenters. The largest absolute Gasteiger partial charge is 0.506 e. The van der Waals surface area contributed by atoms with E-state index in [1.807, 2.05) is 6.07 Å². The van der Waals surface area contributed by atoms with Gasteiger partial charge in [0.15, 0.2) is 8.32 Å². The highest BCUT2D eigenvalue weighted by Gasteiger charge is 2.40. The molecule has 1 aliphatic heterocycles. The second kappa shape index (κ2) is 17.6. The number of primary amides is 1. The van der Waals surface area contributed by atoms with Gasteiger partial charge in [-0.25, -0.2) is 8.42 Å². The second-order valence-corrected chi connectivity index (χ2v) is 24.3. The van der Waals surface area contributed by atoms with E-state index < -0.39 is 24.1 Å². The zero-order valence-electron chi connectivity index (χ0n) is 36.5. The number of carbonyl (C=O) groups is 2. The van der Waals surface area contributed by atoms with E-state index in [2.05, 4.69) is 54.5 Å². The Labute approximate surface area is 367 Å². The minimum absolute atomic E-state index is 0.0141. The number of nitrogens with one attached hydrogen (secondary N) is 3. The zero-order valence-corrected chi connectivity index (χ0v) is 38.4. The molecule has 0 radical (unpaired) electrons. The summed E-state index contributed by atoms with van der Waals surface area (Å²) in [4.78, 5) is 47.6. The predicted molar refractivity (Wildman–Crippen MR) is 247 cm³/mol. The molecule has 0 spiro atoms. The van der Waals surface area contributed by atoms with E-state index >= 15 is 0 Å². The number of aromatic amines is 1. The van der Waals surface area contributed by atoms with Crippen LogP contribution in [-0.4, -0.2) is 81.3 Å². The number of nitrogens with zero attached hydrogens (tertiary/aromatic N) is 2. The van der Waals surface area contributed by atoms with Gasteiger partial charge in [0.2, 0.25) is 15.4 Å². The number of aromatic hydroxyl groups is 1. The molecule has 330 valence electrons. The highest BCUT2D eigenvalue weighted by atomic mass is 32.2. The van der Waals surface area contributed by atoms with Crippen molar-refractivity contribution in [2.24, 2.45) is 5.73 Å². The van der Waals surface area contributed by atoms with Crippen molar-refractivity contribution >= 4 is 63.1 Å². The molecule has 16 heteroatoms. The standard InChI is InChI=1S/C47H54N6O8SSi/c1-28-22-34(25-37-42(28)50-26-38(45(48)56)43(37)51-31-11-9-12-32(24-31)60-5)62(58,59)33-13-8-10-29(23-33)46(57)53-20-18-30(19-21-53)49-27-40(61-63(6,7)47(2,3)4)35-14-16-39(54)44-36(35)15-17-41(55)52-44/h8-17,22-26,30,40,49,54H,18-21,27H2,1-7H3,(H2,48,56)(H,50,51)(H,52,55)/t40-/m0/s1. The Morgan fingerprint density at radius 3 is 2.41 bits per heavy atom. The van der Waals surface area contributed by atoms with E-state index in [4.69, 9.17) is 14.9 Å². The molecule has 1 aliphatic rings. The van der Waals surface area contributed by atoms with E-state index in [9.17, 15) is 27.9 Å². The number of aromatic nitrogens is 2. The van der Waals surface area contributed by atoms with E-state index in [1.165, 1.54) is 43.6 Å². The summed E-state index contributed by atoms with van der Waals surface area (Å²) in [6, 6.07) is 22.8. The number of methoxy groups -OCH3 is 1. The third-order valence-corrected chi connectivity index (χ3v) is 18.5. The monoisotopic (exact) mass is 890 g/mol. The van der Waals surface area contributed by atoms with Crippen molar-refractivity contribution in [3.05, 3.63) is 124 Å². The molecule has 63 heavy (non-hydrogen) atoms. The summed E-state index contributed by atoms with van der Waals surface area (Å²) in [6.45, 7) is 14.0. The number of H-pyrrole nitrogens is 1. The molecule has 0 aliphatic carbocycles. The Balaban J connectivity index is 1.09. The summed E-state index contributed by atoms with van der Waals surface area (Å²) in [6.07, 6.45) is 2.30. The Bertz CT molecular complexity index is 2900. The normalized spacial score (nSPS) is 14.5. The lowest BCUT2D eigenvalue weighted by Crippen LogP contribution is -2.47. The molecule has 0 bridgehead atoms. The molecule has 4 aromatic carbocycles. The SMILES string of the molecule is COc1cccc(Nc2c(C(N)=O)cnc3c(C)cc(S(=O)(=O)c4cccc(C(=O)N5CCC(NC[C@H](O[Si](C)(C)C(C)(C)C)c6ccc(O)c7[nH]c(=O)ccc67)CC5)c4)cc23)c1. The van der Waals surface area contributed by atoms with E-state index in [-0.39, 0.29) is 55.3 Å². The van der Waals surface area contributed by atoms with Crippen LogP contribution < -0.4 is 26.7 Å². The number of amides is 2. The number of hydrogen-bond acceptors (Lipinski definition) is 11. The number of benzene rings is 4. The topological polar surface area (TPSA) is 206 Å². The van der Waals surface area contributed by atoms with Gasteiger partial charge in [0.05, 0.1) is 45.3 Å². The number of piperidine rings is 1. The lowest BCUT2D eigenvalue weighted by molar-refractivity contribution is 0.0698. The molecule has 2 aromatic heterocycles. The molecule has 6 N–H and O–H groups in total. The minimum atomic E-state index is -4.17. The van der Waals surface area contributed by atoms with Crippen LogP contribution in [0.25, 0.3) is 21.8 Å². The van der Waals surface area contributed by atoms with Gasteiger partial charge < -0.3 is 40.5 Å². The summed E-state index contributed by atoms with van der Waals surface area (Å²) in [5.41, 5.74) is 8.93. The van der Waals surface area contributed by atoms with Gasteiger partial charge >= 0.3 is 0 Å². The van der Waals surface area contributed by atoms with Crippen molar-refractivity contribution < 1.29 is 32.3 Å². The fourth-order valence-corrected chi connectivity index (χ4v) is 10.4. The third-order valence-electron chi connectivity index (χ3n) is 12.3. The Morgan fingerprint density at radius 2 is 1.71 bits per heavy atom. The Hall–Kier alpha value is -6.07. The van der Waals surface area contributed by atoms with Gasteiger partial charge in [0, 0.05) is 66.0 Å². The maximum Gasteiger partial charge on any atom is 0.253 e. The van der Waals surface area contributed by atoms with Crippen molar-refractivity contribution in [3.8, 4) is 11.5 Å². The van der Waals surface area contributed by atoms with Crippen LogP contribution in [0.2, 0.25) is 18.1 Å². The van der Waals surface area contributed by atoms with Crippen LogP contribution in [0.15, 0.2) is 106 Å². The summed E-state index contributed by atoms with van der Waals surface area (Å²) < 4.78 is 41.0. The van der Waals surface area contributed by atoms with Crippen LogP contribution in [0.5, 0.6) is 11.5 Å². The average molecular weight is 891 g/mol. The van der Waals surface area contributed by atoms with Crippen molar-refractivity contribution in [1.29, 1.82) is 0 Å². The number of anilines is 2. The van der Waals surface area contributed by atoms with Crippen LogP contribution >= 0.6 is 0 Å². The van der Waals surface area contributed by atoms with Crippen LogP contribution in [0.3, 0.4) is 0 Å². The van der Waals surface area contributed by atoms with Gasteiger partial charge in [-0.2, -0.15) is 0 Å². The number of phenols is 1. The summed E-state index contributed by atoms with van der Waals surface area (Å²) in [5.74, 6) is -0.454. The first-order valence-electron chi connectivity index (χ1n) is 20.8. The van der Waals surface area contributed by atoms with Gasteiger partial charge in [-0.3, -0.25) is 19.4 Å². The van der Waals surface area contributed by atoms with E-state index in [0.717, 1.165) is 5.56 Å². The number of nitrogens with two attached hydrogens (primary N) is 1. The fraction of sp³-hybridized carbons (Fsp3) is 0.319. The van der Waals surface area contributed by atoms with Crippen molar-refractivity contribution in [2.45, 2.75) is 80.6 Å². The van der Waals surface area contributed by atoms with Gasteiger partial charge in [0.25, 0.3) is 11.8 Å². The Morgan fingerprint density at radius 1 is 0.984 bits per heavy atom. The second-order valence-electron chi connectivity index (χ2n) is 17.6. The molecule has 14 nitrogen and oxygen atoms in total. The quantitative estimate of drug-likeness (QED) is 0.0710. The van der Waals surface area contributed by atoms with Crippen LogP contribution in [0, 0.1) is 6.92 Å². The molecule has 6 aromatic rings. The molecule has 0 saturated carbocycles. The number of sulfone groups is 1. The van der Waals surface area contributed by atoms with Crippen LogP contribution in [0.4, 0.5) is 11.4 Å². The first kappa shape index (κ1) is 45.0. The smallest absolute Gasteiger partial charge is 0.253 e. The number of pyridine rings is 2. The number of aryl methyl sites for hydroxylation is 1. The number of hydrogen-bond donors (Lipinski definition) is 5. The van der Waals surface area contributed by atoms with Crippen molar-refractivity contribution in [3.63, 3.8) is 0 Å². The molecular formula is C47H54N6O8SSi. The Kier molecular flexibility index (Phi) is 12.6. The van der Waals surface area contributed by atoms with E-state index in [1.54, 1.807) is 60.4 Å². The zero-order chi connectivity index (χ0) is 45.4. The summed E-state index contributed by atoms with van der Waals surface area (Å²) >= 11 is 0. The molecule has 7 rings (SSSR count). The third kappa shape index (κ3) is 9.34. The molecule has 2 amide bonds. The number of rotatable bonds is 13. The lowest BCUT2D eigenvalue weighted by atomic mass is 10.0. The number of phenolic OH excluding ortho intramolecular Hbond substituents is 1. The molecule has 1 atom stereocenters. The van der Waals surface area contributed by atoms with Gasteiger partial charge in [0.1, 0.15) is 11.5 Å². The summed E-state index contributed by atoms with van der Waals surface area (Å²) in [5, 5.41) is 18.5. The highest BCUT2D eigenvalue weighted by molar-refractivity contribution is 7.91. The average Bonchev–Trinajstić information content (AvgIpc) is 3.25. The maximum atomic E-state index is 14.4. The van der Waals surface area contributed by atoms with Crippen molar-refractivity contribution in [1.82, 2.24) is 20.2 Å². The van der Waals surface area contributed by atoms with Gasteiger partial charge in [-0.1, -0.05) is 39.0 Å². The number of fused-ring (bicyclic) bond motifs is 2. The number of likely N-dealkylation sites (tertiary alicyclic amines) is 1. The first-order valence-corrected chi connectivity index (χ1v) is 25.2. The minimum Gasteiger partial charge on any atom is -0.506 e. The van der Waals surface area contributed by atoms with Crippen molar-refractivity contribution in [2.75, 3.05) is 32.1 Å². The van der Waals surface area contributed by atoms with E-state index in [0.29, 0.717) is 77.0 Å². The molecule has 1 saturated heterocycles.